The van der Waals surface area contributed by atoms with Crippen LogP contribution in [0.1, 0.15) is 110 Å². The third-order valence-corrected chi connectivity index (χ3v) is 9.47. The number of nitrogens with two attached hydrogens (primary N) is 1. The normalized spacial score (nSPS) is 20.6. The van der Waals surface area contributed by atoms with Crippen LogP contribution >= 0.6 is 0 Å². The lowest BCUT2D eigenvalue weighted by Crippen LogP contribution is -2.62. The molecule has 1 aliphatic heterocycles. The number of nitrogens with one attached hydrogen (secondary N) is 3. The summed E-state index contributed by atoms with van der Waals surface area (Å²) < 4.78 is 0. The van der Waals surface area contributed by atoms with Gasteiger partial charge in [0.15, 0.2) is 0 Å². The number of rotatable bonds is 14. The van der Waals surface area contributed by atoms with Crippen molar-refractivity contribution in [2.45, 2.75) is 123 Å². The molecule has 1 aliphatic carbocycles. The molecule has 2 fully saturated rings. The molecule has 1 saturated carbocycles. The molecule has 13 heteroatoms. The van der Waals surface area contributed by atoms with Gasteiger partial charge in [-0.15, -0.1) is 0 Å². The van der Waals surface area contributed by atoms with Crippen molar-refractivity contribution in [2.75, 3.05) is 6.54 Å². The molecule has 5 atom stereocenters. The average molecular weight is 656 g/mol. The zero-order chi connectivity index (χ0) is 34.9. The van der Waals surface area contributed by atoms with Crippen molar-refractivity contribution >= 4 is 35.3 Å². The number of carbonyl (C=O) groups is 6. The molecule has 1 aromatic rings. The number of hydrogen-bond donors (Lipinski definition) is 4. The fraction of sp³-hybridized carbons (Fsp3) is 0.706. The van der Waals surface area contributed by atoms with Crippen LogP contribution in [0.5, 0.6) is 0 Å². The van der Waals surface area contributed by atoms with Gasteiger partial charge in [-0.2, -0.15) is 0 Å². The van der Waals surface area contributed by atoms with Crippen LogP contribution in [-0.4, -0.2) is 80.9 Å². The summed E-state index contributed by atoms with van der Waals surface area (Å²) in [7, 11) is 0. The second kappa shape index (κ2) is 16.8. The Labute approximate surface area is 278 Å². The van der Waals surface area contributed by atoms with E-state index in [-0.39, 0.29) is 36.4 Å². The lowest BCUT2D eigenvalue weighted by atomic mass is 9.82. The molecule has 260 valence electrons. The Hall–Kier alpha value is -3.90. The first-order chi connectivity index (χ1) is 22.1. The molecular formula is C34H53N7O6. The van der Waals surface area contributed by atoms with Gasteiger partial charge in [0, 0.05) is 18.9 Å². The quantitative estimate of drug-likeness (QED) is 0.219. The van der Waals surface area contributed by atoms with E-state index < -0.39 is 64.9 Å². The second-order valence-corrected chi connectivity index (χ2v) is 14.4. The second-order valence-electron chi connectivity index (χ2n) is 14.4. The van der Waals surface area contributed by atoms with E-state index in [0.717, 1.165) is 38.5 Å². The van der Waals surface area contributed by atoms with Gasteiger partial charge in [0.1, 0.15) is 23.8 Å². The minimum atomic E-state index is -1.12. The fourth-order valence-electron chi connectivity index (χ4n) is 6.50. The van der Waals surface area contributed by atoms with Gasteiger partial charge in [-0.1, -0.05) is 73.6 Å². The molecule has 0 radical (unpaired) electrons. The fourth-order valence-corrected chi connectivity index (χ4v) is 6.50. The smallest absolute Gasteiger partial charge is 0.287 e. The number of nitrogens with zero attached hydrogens (tertiary/aromatic N) is 3. The average Bonchev–Trinajstić information content (AvgIpc) is 3.50. The highest BCUT2D eigenvalue weighted by Crippen LogP contribution is 2.33. The molecule has 2 heterocycles. The van der Waals surface area contributed by atoms with E-state index >= 15 is 0 Å². The Bertz CT molecular complexity index is 1280. The van der Waals surface area contributed by atoms with Gasteiger partial charge in [0.25, 0.3) is 11.8 Å². The van der Waals surface area contributed by atoms with E-state index in [2.05, 4.69) is 25.9 Å². The number of hydrogen-bond acceptors (Lipinski definition) is 8. The minimum absolute atomic E-state index is 0.00629. The number of carbonyl (C=O) groups excluding carboxylic acids is 6. The van der Waals surface area contributed by atoms with Crippen LogP contribution in [0.15, 0.2) is 18.6 Å². The third-order valence-electron chi connectivity index (χ3n) is 9.47. The number of amides is 5. The number of primary amides is 1. The van der Waals surface area contributed by atoms with Crippen molar-refractivity contribution < 1.29 is 28.8 Å². The van der Waals surface area contributed by atoms with Crippen molar-refractivity contribution in [3.8, 4) is 0 Å². The molecule has 3 rings (SSSR count). The van der Waals surface area contributed by atoms with Crippen molar-refractivity contribution in [3.05, 3.63) is 24.3 Å². The summed E-state index contributed by atoms with van der Waals surface area (Å²) in [6.45, 7) is 11.8. The van der Waals surface area contributed by atoms with Crippen LogP contribution in [-0.2, 0) is 24.0 Å². The lowest BCUT2D eigenvalue weighted by Gasteiger charge is -2.37. The number of unbranched alkanes of at least 4 members (excludes halogenated alkanes) is 1. The van der Waals surface area contributed by atoms with E-state index in [0.29, 0.717) is 12.8 Å². The molecule has 0 bridgehead atoms. The molecule has 47 heavy (non-hydrogen) atoms. The van der Waals surface area contributed by atoms with Crippen LogP contribution in [0.25, 0.3) is 0 Å². The molecule has 5 N–H and O–H groups in total. The molecule has 1 saturated heterocycles. The summed E-state index contributed by atoms with van der Waals surface area (Å²) >= 11 is 0. The van der Waals surface area contributed by atoms with Gasteiger partial charge in [-0.25, -0.2) is 4.98 Å². The Balaban J connectivity index is 1.89. The summed E-state index contributed by atoms with van der Waals surface area (Å²) in [5.74, 6) is -3.94. The van der Waals surface area contributed by atoms with E-state index in [9.17, 15) is 28.8 Å². The first-order valence-electron chi connectivity index (χ1n) is 17.0. The van der Waals surface area contributed by atoms with Crippen LogP contribution in [0.2, 0.25) is 0 Å². The highest BCUT2D eigenvalue weighted by molar-refractivity contribution is 6.37. The van der Waals surface area contributed by atoms with Gasteiger partial charge in [-0.05, 0) is 48.9 Å². The minimum Gasteiger partial charge on any atom is -0.363 e. The molecule has 1 aromatic heterocycles. The maximum absolute atomic E-state index is 14.4. The summed E-state index contributed by atoms with van der Waals surface area (Å²) in [5.41, 5.74) is 4.60. The number of ketones is 1. The lowest BCUT2D eigenvalue weighted by molar-refractivity contribution is -0.145. The van der Waals surface area contributed by atoms with Crippen molar-refractivity contribution in [1.82, 2.24) is 30.8 Å². The molecular weight excluding hydrogens is 602 g/mol. The van der Waals surface area contributed by atoms with Crippen LogP contribution in [0, 0.1) is 23.2 Å². The topological polar surface area (TPSA) is 194 Å². The van der Waals surface area contributed by atoms with Gasteiger partial charge in [0.05, 0.1) is 12.2 Å². The van der Waals surface area contributed by atoms with Gasteiger partial charge in [-0.3, -0.25) is 33.8 Å². The van der Waals surface area contributed by atoms with E-state index in [4.69, 9.17) is 5.73 Å². The van der Waals surface area contributed by atoms with Gasteiger partial charge >= 0.3 is 0 Å². The molecule has 1 unspecified atom stereocenters. The molecule has 0 aromatic carbocycles. The summed E-state index contributed by atoms with van der Waals surface area (Å²) in [6.07, 6.45) is 10.6. The maximum Gasteiger partial charge on any atom is 0.287 e. The van der Waals surface area contributed by atoms with E-state index in [1.165, 1.54) is 23.5 Å². The maximum atomic E-state index is 14.4. The van der Waals surface area contributed by atoms with Crippen LogP contribution in [0.3, 0.4) is 0 Å². The SMILES string of the molecule is CCCCC(NC(=O)[C@@H]1C[C@@H](C(C)C)CN1C(=O)[C@@H](NC(=O)[C@@H](NC(=O)c1cnccn1)C1CCCCC1)C(C)(C)C)C(=O)C(N)=O. The molecule has 2 aliphatic rings. The highest BCUT2D eigenvalue weighted by Gasteiger charge is 2.47. The van der Waals surface area contributed by atoms with Crippen molar-refractivity contribution in [2.24, 2.45) is 28.9 Å². The Morgan fingerprint density at radius 3 is 2.21 bits per heavy atom. The summed E-state index contributed by atoms with van der Waals surface area (Å²) in [5, 5.41) is 8.54. The van der Waals surface area contributed by atoms with Crippen molar-refractivity contribution in [1.29, 1.82) is 0 Å². The third kappa shape index (κ3) is 10.0. The number of likely N-dealkylation sites (tertiary alicyclic amines) is 1. The number of Topliss-reactive ketones (excluding diaryl/α,β-unsaturated/α-hetero) is 1. The predicted molar refractivity (Wildman–Crippen MR) is 175 cm³/mol. The first-order valence-corrected chi connectivity index (χ1v) is 17.0. The van der Waals surface area contributed by atoms with E-state index in [1.807, 2.05) is 41.5 Å². The Kier molecular flexibility index (Phi) is 13.4. The zero-order valence-electron chi connectivity index (χ0n) is 28.7. The summed E-state index contributed by atoms with van der Waals surface area (Å²) in [4.78, 5) is 89.2. The van der Waals surface area contributed by atoms with Gasteiger partial charge < -0.3 is 26.6 Å². The van der Waals surface area contributed by atoms with E-state index in [1.54, 1.807) is 0 Å². The Morgan fingerprint density at radius 1 is 0.979 bits per heavy atom. The summed E-state index contributed by atoms with van der Waals surface area (Å²) in [6, 6.07) is -3.92. The largest absolute Gasteiger partial charge is 0.363 e. The number of aromatic nitrogens is 2. The van der Waals surface area contributed by atoms with Gasteiger partial charge in [0.2, 0.25) is 23.5 Å². The predicted octanol–water partition coefficient (Wildman–Crippen LogP) is 2.29. The van der Waals surface area contributed by atoms with Crippen molar-refractivity contribution in [3.63, 3.8) is 0 Å². The standard InChI is InChI=1S/C34H53N7O6/c1-7-8-14-23(27(42)29(35)43)38-31(45)25-17-22(20(2)3)19-41(25)33(47)28(34(4,5)6)40-32(46)26(21-12-10-9-11-13-21)39-30(44)24-18-36-15-16-37-24/h15-16,18,20-23,25-26,28H,7-14,17,19H2,1-6H3,(H2,35,43)(H,38,45)(H,39,44)(H,40,46)/t22-,23?,25+,26+,28-/m1/s1. The van der Waals surface area contributed by atoms with Crippen LogP contribution < -0.4 is 21.7 Å². The molecule has 13 nitrogen and oxygen atoms in total. The molecule has 5 amide bonds. The zero-order valence-corrected chi connectivity index (χ0v) is 28.7. The molecule has 0 spiro atoms. The Morgan fingerprint density at radius 2 is 1.66 bits per heavy atom. The highest BCUT2D eigenvalue weighted by atomic mass is 16.2. The first kappa shape index (κ1) is 37.6. The monoisotopic (exact) mass is 655 g/mol. The van der Waals surface area contributed by atoms with Crippen LogP contribution in [0.4, 0.5) is 0 Å².